The van der Waals surface area contributed by atoms with E-state index in [4.69, 9.17) is 0 Å². The van der Waals surface area contributed by atoms with E-state index >= 15 is 0 Å². The van der Waals surface area contributed by atoms with Crippen LogP contribution in [0.15, 0.2) is 0 Å². The first-order chi connectivity index (χ1) is 7.24. The van der Waals surface area contributed by atoms with Crippen LogP contribution < -0.4 is 0 Å². The summed E-state index contributed by atoms with van der Waals surface area (Å²) in [6.07, 6.45) is 10.7. The van der Waals surface area contributed by atoms with E-state index in [2.05, 4.69) is 13.8 Å². The molecule has 0 radical (unpaired) electrons. The minimum Gasteiger partial charge on any atom is -0.300 e. The van der Waals surface area contributed by atoms with Crippen molar-refractivity contribution in [1.82, 2.24) is 0 Å². The summed E-state index contributed by atoms with van der Waals surface area (Å²) in [5.41, 5.74) is 0. The highest BCUT2D eigenvalue weighted by Crippen LogP contribution is 2.32. The number of rotatable bonds is 6. The Bertz CT molecular complexity index is 186. The van der Waals surface area contributed by atoms with E-state index in [-0.39, 0.29) is 0 Å². The van der Waals surface area contributed by atoms with Gasteiger partial charge in [-0.25, -0.2) is 0 Å². The lowest BCUT2D eigenvalue weighted by molar-refractivity contribution is -0.119. The van der Waals surface area contributed by atoms with E-state index in [0.717, 1.165) is 37.5 Å². The fourth-order valence-electron chi connectivity index (χ4n) is 2.79. The molecule has 1 fully saturated rings. The second-order valence-electron chi connectivity index (χ2n) is 5.20. The first-order valence-corrected chi connectivity index (χ1v) is 6.75. The highest BCUT2D eigenvalue weighted by Gasteiger charge is 2.20. The van der Waals surface area contributed by atoms with Gasteiger partial charge in [0.25, 0.3) is 0 Å². The van der Waals surface area contributed by atoms with Gasteiger partial charge in [-0.1, -0.05) is 39.5 Å². The number of carbonyl (C=O) groups is 1. The lowest BCUT2D eigenvalue weighted by atomic mass is 9.78. The second kappa shape index (κ2) is 7.03. The monoisotopic (exact) mass is 210 g/mol. The molecule has 1 nitrogen and oxygen atoms in total. The van der Waals surface area contributed by atoms with Crippen molar-refractivity contribution in [1.29, 1.82) is 0 Å². The minimum absolute atomic E-state index is 0.473. The van der Waals surface area contributed by atoms with Crippen molar-refractivity contribution in [3.63, 3.8) is 0 Å². The van der Waals surface area contributed by atoms with E-state index < -0.39 is 0 Å². The van der Waals surface area contributed by atoms with Crippen LogP contribution in [0, 0.1) is 11.8 Å². The molecule has 0 saturated heterocycles. The minimum atomic E-state index is 0.473. The van der Waals surface area contributed by atoms with Gasteiger partial charge in [0, 0.05) is 12.8 Å². The maximum Gasteiger partial charge on any atom is 0.132 e. The zero-order chi connectivity index (χ0) is 11.1. The molecular formula is C14H26O. The molecule has 1 aliphatic rings. The van der Waals surface area contributed by atoms with Crippen LogP contribution in [0.2, 0.25) is 0 Å². The van der Waals surface area contributed by atoms with E-state index in [1.807, 2.05) is 0 Å². The van der Waals surface area contributed by atoms with Crippen molar-refractivity contribution in [3.05, 3.63) is 0 Å². The quantitative estimate of drug-likeness (QED) is 0.637. The molecule has 1 aliphatic carbocycles. The number of hydrogen-bond acceptors (Lipinski definition) is 1. The Morgan fingerprint density at radius 3 is 2.60 bits per heavy atom. The first kappa shape index (κ1) is 12.7. The number of Topliss-reactive ketones (excluding diaryl/α,β-unsaturated/α-hetero) is 1. The predicted molar refractivity (Wildman–Crippen MR) is 64.9 cm³/mol. The van der Waals surface area contributed by atoms with Gasteiger partial charge >= 0.3 is 0 Å². The first-order valence-electron chi connectivity index (χ1n) is 6.75. The zero-order valence-electron chi connectivity index (χ0n) is 10.4. The number of carbonyl (C=O) groups excluding carboxylic acids is 1. The molecule has 2 unspecified atom stereocenters. The van der Waals surface area contributed by atoms with Gasteiger partial charge in [-0.3, -0.25) is 4.79 Å². The fraction of sp³-hybridized carbons (Fsp3) is 0.929. The Kier molecular flexibility index (Phi) is 5.97. The standard InChI is InChI=1S/C14H26O/c1-3-7-14(15)11-6-10-13-9-5-4-8-12(13)2/h12-13H,3-11H2,1-2H3. The van der Waals surface area contributed by atoms with E-state index in [1.165, 1.54) is 32.1 Å². The van der Waals surface area contributed by atoms with Gasteiger partial charge in [0.15, 0.2) is 0 Å². The molecule has 15 heavy (non-hydrogen) atoms. The summed E-state index contributed by atoms with van der Waals surface area (Å²) in [4.78, 5) is 11.4. The van der Waals surface area contributed by atoms with Gasteiger partial charge in [0.05, 0.1) is 0 Å². The molecule has 0 aromatic rings. The molecular weight excluding hydrogens is 184 g/mol. The molecule has 1 heteroatoms. The highest BCUT2D eigenvalue weighted by atomic mass is 16.1. The summed E-state index contributed by atoms with van der Waals surface area (Å²) in [6, 6.07) is 0. The molecule has 0 aromatic heterocycles. The third-order valence-corrected chi connectivity index (χ3v) is 3.85. The zero-order valence-corrected chi connectivity index (χ0v) is 10.4. The molecule has 0 amide bonds. The second-order valence-corrected chi connectivity index (χ2v) is 5.20. The third-order valence-electron chi connectivity index (χ3n) is 3.85. The topological polar surface area (TPSA) is 17.1 Å². The third kappa shape index (κ3) is 4.81. The van der Waals surface area contributed by atoms with E-state index in [1.54, 1.807) is 0 Å². The molecule has 1 rings (SSSR count). The summed E-state index contributed by atoms with van der Waals surface area (Å²) in [6.45, 7) is 4.47. The van der Waals surface area contributed by atoms with E-state index in [9.17, 15) is 4.79 Å². The Morgan fingerprint density at radius 2 is 1.93 bits per heavy atom. The van der Waals surface area contributed by atoms with Crippen molar-refractivity contribution >= 4 is 5.78 Å². The molecule has 0 bridgehead atoms. The molecule has 0 heterocycles. The maximum atomic E-state index is 11.4. The highest BCUT2D eigenvalue weighted by molar-refractivity contribution is 5.78. The van der Waals surface area contributed by atoms with Crippen LogP contribution in [0.3, 0.4) is 0 Å². The van der Waals surface area contributed by atoms with Gasteiger partial charge in [-0.05, 0) is 31.1 Å². The largest absolute Gasteiger partial charge is 0.300 e. The SMILES string of the molecule is CCCC(=O)CCCC1CCCCC1C. The van der Waals surface area contributed by atoms with Gasteiger partial charge in [-0.15, -0.1) is 0 Å². The van der Waals surface area contributed by atoms with Crippen molar-refractivity contribution in [3.8, 4) is 0 Å². The van der Waals surface area contributed by atoms with Gasteiger partial charge in [0.1, 0.15) is 5.78 Å². The molecule has 2 atom stereocenters. The van der Waals surface area contributed by atoms with Crippen molar-refractivity contribution in [2.45, 2.75) is 71.6 Å². The van der Waals surface area contributed by atoms with Gasteiger partial charge < -0.3 is 0 Å². The predicted octanol–water partition coefficient (Wildman–Crippen LogP) is 4.35. The Balaban J connectivity index is 2.10. The number of ketones is 1. The van der Waals surface area contributed by atoms with Crippen LogP contribution in [0.25, 0.3) is 0 Å². The number of hydrogen-bond donors (Lipinski definition) is 0. The molecule has 0 aromatic carbocycles. The maximum absolute atomic E-state index is 11.4. The van der Waals surface area contributed by atoms with Gasteiger partial charge in [0.2, 0.25) is 0 Å². The summed E-state index contributed by atoms with van der Waals surface area (Å²) < 4.78 is 0. The summed E-state index contributed by atoms with van der Waals surface area (Å²) >= 11 is 0. The van der Waals surface area contributed by atoms with Crippen molar-refractivity contribution < 1.29 is 4.79 Å². The lowest BCUT2D eigenvalue weighted by Gasteiger charge is -2.28. The smallest absolute Gasteiger partial charge is 0.132 e. The van der Waals surface area contributed by atoms with Crippen LogP contribution in [-0.4, -0.2) is 5.78 Å². The molecule has 0 spiro atoms. The van der Waals surface area contributed by atoms with Crippen LogP contribution in [0.1, 0.15) is 71.6 Å². The van der Waals surface area contributed by atoms with Crippen molar-refractivity contribution in [2.75, 3.05) is 0 Å². The average molecular weight is 210 g/mol. The molecule has 88 valence electrons. The average Bonchev–Trinajstić information content (AvgIpc) is 2.21. The fourth-order valence-corrected chi connectivity index (χ4v) is 2.79. The van der Waals surface area contributed by atoms with Crippen molar-refractivity contribution in [2.24, 2.45) is 11.8 Å². The Hall–Kier alpha value is -0.330. The van der Waals surface area contributed by atoms with Crippen LogP contribution >= 0.6 is 0 Å². The normalized spacial score (nSPS) is 26.5. The van der Waals surface area contributed by atoms with Gasteiger partial charge in [-0.2, -0.15) is 0 Å². The van der Waals surface area contributed by atoms with Crippen LogP contribution in [-0.2, 0) is 4.79 Å². The molecule has 0 aliphatic heterocycles. The van der Waals surface area contributed by atoms with Crippen LogP contribution in [0.4, 0.5) is 0 Å². The van der Waals surface area contributed by atoms with E-state index in [0.29, 0.717) is 5.78 Å². The Morgan fingerprint density at radius 1 is 1.20 bits per heavy atom. The summed E-state index contributed by atoms with van der Waals surface area (Å²) in [5, 5.41) is 0. The molecule has 0 N–H and O–H groups in total. The van der Waals surface area contributed by atoms with Crippen LogP contribution in [0.5, 0.6) is 0 Å². The summed E-state index contributed by atoms with van der Waals surface area (Å²) in [7, 11) is 0. The lowest BCUT2D eigenvalue weighted by Crippen LogP contribution is -2.16. The molecule has 1 saturated carbocycles. The summed E-state index contributed by atoms with van der Waals surface area (Å²) in [5.74, 6) is 2.29. The Labute approximate surface area is 94.6 Å².